The van der Waals surface area contributed by atoms with Crippen LogP contribution in [0.15, 0.2) is 35.7 Å². The van der Waals surface area contributed by atoms with Crippen LogP contribution in [0.2, 0.25) is 0 Å². The highest BCUT2D eigenvalue weighted by atomic mass is 32.2. The lowest BCUT2D eigenvalue weighted by molar-refractivity contribution is -0.150. The van der Waals surface area contributed by atoms with E-state index < -0.39 is 39.1 Å². The van der Waals surface area contributed by atoms with Crippen LogP contribution >= 0.6 is 0 Å². The van der Waals surface area contributed by atoms with Crippen molar-refractivity contribution in [2.24, 2.45) is 0 Å². The molecule has 9 heteroatoms. The summed E-state index contributed by atoms with van der Waals surface area (Å²) in [6, 6.07) is 3.98. The number of sulfone groups is 1. The van der Waals surface area contributed by atoms with Gasteiger partial charge in [-0.1, -0.05) is 25.0 Å². The summed E-state index contributed by atoms with van der Waals surface area (Å²) >= 11 is 0. The maximum atomic E-state index is 13.3. The number of urea groups is 1. The molecule has 0 radical (unpaired) electrons. The molecule has 0 aromatic heterocycles. The zero-order chi connectivity index (χ0) is 21.7. The number of rotatable bonds is 7. The fourth-order valence-electron chi connectivity index (χ4n) is 3.27. The minimum atomic E-state index is -4.02. The molecular formula is C20H26N2O6S. The third-order valence-corrected chi connectivity index (χ3v) is 7.56. The lowest BCUT2D eigenvalue weighted by Gasteiger charge is -2.26. The topological polar surface area (TPSA) is 119 Å². The van der Waals surface area contributed by atoms with E-state index in [4.69, 9.17) is 4.74 Å². The average Bonchev–Trinajstić information content (AvgIpc) is 3.18. The van der Waals surface area contributed by atoms with Gasteiger partial charge in [-0.3, -0.25) is 14.9 Å². The van der Waals surface area contributed by atoms with Crippen LogP contribution in [0.4, 0.5) is 4.79 Å². The van der Waals surface area contributed by atoms with Crippen molar-refractivity contribution in [3.63, 3.8) is 0 Å². The Morgan fingerprint density at radius 1 is 1.17 bits per heavy atom. The molecule has 2 rings (SSSR count). The highest BCUT2D eigenvalue weighted by Gasteiger charge is 2.54. The van der Waals surface area contributed by atoms with Crippen LogP contribution in [0.1, 0.15) is 36.8 Å². The largest absolute Gasteiger partial charge is 0.454 e. The van der Waals surface area contributed by atoms with E-state index in [2.05, 4.69) is 11.9 Å². The van der Waals surface area contributed by atoms with Gasteiger partial charge in [0, 0.05) is 6.54 Å². The first kappa shape index (κ1) is 22.6. The van der Waals surface area contributed by atoms with Crippen molar-refractivity contribution in [2.45, 2.75) is 49.2 Å². The van der Waals surface area contributed by atoms with E-state index in [-0.39, 0.29) is 24.3 Å². The number of imide groups is 1. The maximum absolute atomic E-state index is 13.3. The Morgan fingerprint density at radius 3 is 2.41 bits per heavy atom. The molecule has 2 N–H and O–H groups in total. The summed E-state index contributed by atoms with van der Waals surface area (Å²) in [7, 11) is -4.02. The van der Waals surface area contributed by atoms with Gasteiger partial charge in [-0.05, 0) is 49.9 Å². The van der Waals surface area contributed by atoms with Gasteiger partial charge in [0.1, 0.15) is 0 Å². The molecular weight excluding hydrogens is 396 g/mol. The molecule has 0 aliphatic heterocycles. The minimum Gasteiger partial charge on any atom is -0.454 e. The number of carbonyl (C=O) groups is 3. The second-order valence-corrected chi connectivity index (χ2v) is 9.33. The Morgan fingerprint density at radius 2 is 1.83 bits per heavy atom. The van der Waals surface area contributed by atoms with Gasteiger partial charge in [0.2, 0.25) is 0 Å². The Kier molecular flexibility index (Phi) is 7.18. The molecule has 0 saturated heterocycles. The van der Waals surface area contributed by atoms with E-state index in [1.807, 2.05) is 12.2 Å². The molecule has 8 nitrogen and oxygen atoms in total. The standard InChI is InChI=1S/C20H26N2O6S/c1-4-11-21-19(25)22-17(23)13-28-18(24)20(9-5-6-10-20)29(26,27)16-8-7-14(2)15(3)12-16/h4,7-8,12H,1,5-6,9-11,13H2,2-3H3,(H2,21,22,23,25). The molecule has 1 aliphatic rings. The summed E-state index contributed by atoms with van der Waals surface area (Å²) in [4.78, 5) is 36.1. The molecule has 29 heavy (non-hydrogen) atoms. The van der Waals surface area contributed by atoms with Crippen molar-refractivity contribution in [1.29, 1.82) is 0 Å². The number of nitrogens with one attached hydrogen (secondary N) is 2. The summed E-state index contributed by atoms with van der Waals surface area (Å²) < 4.78 is 30.0. The van der Waals surface area contributed by atoms with Crippen LogP contribution in [0.5, 0.6) is 0 Å². The van der Waals surface area contributed by atoms with Gasteiger partial charge in [0.05, 0.1) is 4.90 Å². The van der Waals surface area contributed by atoms with Gasteiger partial charge in [-0.15, -0.1) is 6.58 Å². The first-order valence-corrected chi connectivity index (χ1v) is 10.8. The highest BCUT2D eigenvalue weighted by Crippen LogP contribution is 2.41. The van der Waals surface area contributed by atoms with Crippen molar-refractivity contribution < 1.29 is 27.5 Å². The summed E-state index contributed by atoms with van der Waals surface area (Å²) in [5, 5.41) is 4.34. The quantitative estimate of drug-likeness (QED) is 0.512. The Labute approximate surface area is 170 Å². The number of aryl methyl sites for hydroxylation is 2. The van der Waals surface area contributed by atoms with E-state index in [1.54, 1.807) is 19.1 Å². The van der Waals surface area contributed by atoms with E-state index in [0.29, 0.717) is 12.8 Å². The van der Waals surface area contributed by atoms with Crippen molar-refractivity contribution in [1.82, 2.24) is 10.6 Å². The first-order chi connectivity index (χ1) is 13.6. The highest BCUT2D eigenvalue weighted by molar-refractivity contribution is 7.93. The molecule has 0 bridgehead atoms. The SMILES string of the molecule is C=CCNC(=O)NC(=O)COC(=O)C1(S(=O)(=O)c2ccc(C)c(C)c2)CCCC1. The normalized spacial score (nSPS) is 15.4. The maximum Gasteiger partial charge on any atom is 0.328 e. The molecule has 1 aromatic carbocycles. The molecule has 0 atom stereocenters. The number of benzene rings is 1. The van der Waals surface area contributed by atoms with Crippen molar-refractivity contribution in [3.8, 4) is 0 Å². The molecule has 0 spiro atoms. The number of esters is 1. The fourth-order valence-corrected chi connectivity index (χ4v) is 5.40. The van der Waals surface area contributed by atoms with E-state index in [1.165, 1.54) is 12.1 Å². The Hall–Kier alpha value is -2.68. The van der Waals surface area contributed by atoms with Gasteiger partial charge >= 0.3 is 12.0 Å². The monoisotopic (exact) mass is 422 g/mol. The van der Waals surface area contributed by atoms with Crippen LogP contribution in [0.3, 0.4) is 0 Å². The second-order valence-electron chi connectivity index (χ2n) is 7.07. The van der Waals surface area contributed by atoms with Crippen LogP contribution in [0.25, 0.3) is 0 Å². The molecule has 1 fully saturated rings. The minimum absolute atomic E-state index is 0.0627. The first-order valence-electron chi connectivity index (χ1n) is 9.32. The van der Waals surface area contributed by atoms with Gasteiger partial charge in [0.15, 0.2) is 21.2 Å². The van der Waals surface area contributed by atoms with Gasteiger partial charge < -0.3 is 10.1 Å². The van der Waals surface area contributed by atoms with E-state index >= 15 is 0 Å². The smallest absolute Gasteiger partial charge is 0.328 e. The van der Waals surface area contributed by atoms with Gasteiger partial charge in [-0.2, -0.15) is 0 Å². The van der Waals surface area contributed by atoms with Gasteiger partial charge in [0.25, 0.3) is 5.91 Å². The van der Waals surface area contributed by atoms with Crippen LogP contribution in [0, 0.1) is 13.8 Å². The fraction of sp³-hybridized carbons (Fsp3) is 0.450. The number of hydrogen-bond acceptors (Lipinski definition) is 6. The molecule has 0 heterocycles. The molecule has 1 aliphatic carbocycles. The Bertz CT molecular complexity index is 917. The molecule has 1 aromatic rings. The van der Waals surface area contributed by atoms with Crippen LogP contribution in [-0.2, 0) is 24.2 Å². The summed E-state index contributed by atoms with van der Waals surface area (Å²) in [6.07, 6.45) is 2.82. The van der Waals surface area contributed by atoms with Gasteiger partial charge in [-0.25, -0.2) is 13.2 Å². The summed E-state index contributed by atoms with van der Waals surface area (Å²) in [5.74, 6) is -1.81. The summed E-state index contributed by atoms with van der Waals surface area (Å²) in [5.41, 5.74) is 1.75. The predicted molar refractivity (Wildman–Crippen MR) is 107 cm³/mol. The molecule has 158 valence electrons. The number of carbonyl (C=O) groups excluding carboxylic acids is 3. The number of ether oxygens (including phenoxy) is 1. The molecule has 0 unspecified atom stereocenters. The lowest BCUT2D eigenvalue weighted by atomic mass is 10.1. The van der Waals surface area contributed by atoms with Crippen molar-refractivity contribution in [3.05, 3.63) is 42.0 Å². The number of hydrogen-bond donors (Lipinski definition) is 2. The van der Waals surface area contributed by atoms with Crippen molar-refractivity contribution in [2.75, 3.05) is 13.2 Å². The lowest BCUT2D eigenvalue weighted by Crippen LogP contribution is -2.47. The van der Waals surface area contributed by atoms with Crippen LogP contribution in [-0.4, -0.2) is 44.2 Å². The third-order valence-electron chi connectivity index (χ3n) is 5.08. The number of amides is 3. The van der Waals surface area contributed by atoms with E-state index in [9.17, 15) is 22.8 Å². The van der Waals surface area contributed by atoms with Crippen molar-refractivity contribution >= 4 is 27.7 Å². The third kappa shape index (κ3) is 4.84. The summed E-state index contributed by atoms with van der Waals surface area (Å²) in [6.45, 7) is 6.52. The Balaban J connectivity index is 2.16. The zero-order valence-corrected chi connectivity index (χ0v) is 17.4. The predicted octanol–water partition coefficient (Wildman–Crippen LogP) is 1.94. The van der Waals surface area contributed by atoms with E-state index in [0.717, 1.165) is 11.1 Å². The molecule has 1 saturated carbocycles. The van der Waals surface area contributed by atoms with Crippen LogP contribution < -0.4 is 10.6 Å². The zero-order valence-electron chi connectivity index (χ0n) is 16.6. The second kappa shape index (κ2) is 9.21. The average molecular weight is 423 g/mol. The molecule has 3 amide bonds.